The van der Waals surface area contributed by atoms with Gasteiger partial charge >= 0.3 is 5.97 Å². The summed E-state index contributed by atoms with van der Waals surface area (Å²) >= 11 is 0. The van der Waals surface area contributed by atoms with Crippen molar-refractivity contribution in [3.05, 3.63) is 11.9 Å². The normalized spacial score (nSPS) is 12.4. The molecule has 1 heterocycles. The quantitative estimate of drug-likeness (QED) is 0.656. The van der Waals surface area contributed by atoms with Crippen LogP contribution in [0.15, 0.2) is 6.20 Å². The zero-order valence-corrected chi connectivity index (χ0v) is 9.10. The molecule has 1 atom stereocenters. The third kappa shape index (κ3) is 3.34. The van der Waals surface area contributed by atoms with E-state index < -0.39 is 17.9 Å². The number of aromatic amines is 1. The monoisotopic (exact) mass is 226 g/mol. The van der Waals surface area contributed by atoms with Crippen molar-refractivity contribution in [2.45, 2.75) is 26.3 Å². The second-order valence-electron chi connectivity index (χ2n) is 3.78. The van der Waals surface area contributed by atoms with E-state index in [0.29, 0.717) is 0 Å². The molecule has 1 aromatic heterocycles. The lowest BCUT2D eigenvalue weighted by atomic mass is 10.0. The predicted octanol–water partition coefficient (Wildman–Crippen LogP) is 0.0338. The summed E-state index contributed by atoms with van der Waals surface area (Å²) in [5.41, 5.74) is 0.149. The Morgan fingerprint density at radius 1 is 1.56 bits per heavy atom. The van der Waals surface area contributed by atoms with E-state index >= 15 is 0 Å². The van der Waals surface area contributed by atoms with Crippen LogP contribution in [0.5, 0.6) is 0 Å². The van der Waals surface area contributed by atoms with E-state index in [1.165, 1.54) is 6.20 Å². The van der Waals surface area contributed by atoms with Crippen LogP contribution in [0, 0.1) is 5.92 Å². The molecule has 0 saturated heterocycles. The van der Waals surface area contributed by atoms with Crippen molar-refractivity contribution in [1.82, 2.24) is 20.7 Å². The number of aromatic nitrogens is 3. The molecule has 88 valence electrons. The maximum Gasteiger partial charge on any atom is 0.305 e. The lowest BCUT2D eigenvalue weighted by Crippen LogP contribution is -2.40. The molecule has 0 aliphatic carbocycles. The second kappa shape index (κ2) is 5.24. The van der Waals surface area contributed by atoms with Crippen LogP contribution in [0.1, 0.15) is 30.8 Å². The van der Waals surface area contributed by atoms with Gasteiger partial charge in [0.15, 0.2) is 5.69 Å². The molecule has 1 aromatic rings. The molecular weight excluding hydrogens is 212 g/mol. The Hall–Kier alpha value is -1.92. The van der Waals surface area contributed by atoms with Crippen LogP contribution >= 0.6 is 0 Å². The number of nitrogens with one attached hydrogen (secondary N) is 2. The molecule has 0 aliphatic rings. The van der Waals surface area contributed by atoms with Gasteiger partial charge in [-0.25, -0.2) is 0 Å². The minimum atomic E-state index is -0.945. The van der Waals surface area contributed by atoms with Gasteiger partial charge in [0.1, 0.15) is 0 Å². The number of carbonyl (C=O) groups is 2. The maximum absolute atomic E-state index is 11.6. The number of carboxylic acid groups (broad SMARTS) is 1. The minimum Gasteiger partial charge on any atom is -0.481 e. The average Bonchev–Trinajstić information content (AvgIpc) is 2.68. The number of carboxylic acids is 1. The second-order valence-corrected chi connectivity index (χ2v) is 3.78. The molecule has 0 fully saturated rings. The lowest BCUT2D eigenvalue weighted by Gasteiger charge is -2.19. The summed E-state index contributed by atoms with van der Waals surface area (Å²) in [6.07, 6.45) is 1.18. The van der Waals surface area contributed by atoms with Crippen LogP contribution < -0.4 is 5.32 Å². The third-order valence-electron chi connectivity index (χ3n) is 2.16. The summed E-state index contributed by atoms with van der Waals surface area (Å²) in [6.45, 7) is 3.69. The number of amides is 1. The average molecular weight is 226 g/mol. The van der Waals surface area contributed by atoms with Crippen LogP contribution in [0.3, 0.4) is 0 Å². The number of hydrogen-bond donors (Lipinski definition) is 3. The summed E-state index contributed by atoms with van der Waals surface area (Å²) in [5, 5.41) is 20.7. The van der Waals surface area contributed by atoms with Gasteiger partial charge in [0.25, 0.3) is 5.91 Å². The molecule has 1 unspecified atom stereocenters. The van der Waals surface area contributed by atoms with Crippen molar-refractivity contribution >= 4 is 11.9 Å². The summed E-state index contributed by atoms with van der Waals surface area (Å²) in [4.78, 5) is 22.2. The minimum absolute atomic E-state index is 0.0342. The van der Waals surface area contributed by atoms with E-state index in [1.54, 1.807) is 0 Å². The van der Waals surface area contributed by atoms with E-state index in [4.69, 9.17) is 5.11 Å². The number of rotatable bonds is 5. The highest BCUT2D eigenvalue weighted by Crippen LogP contribution is 2.07. The van der Waals surface area contributed by atoms with Crippen LogP contribution in [0.2, 0.25) is 0 Å². The number of hydrogen-bond acceptors (Lipinski definition) is 4. The fourth-order valence-electron chi connectivity index (χ4n) is 1.19. The number of H-pyrrole nitrogens is 1. The smallest absolute Gasteiger partial charge is 0.305 e. The van der Waals surface area contributed by atoms with Gasteiger partial charge in [-0.2, -0.15) is 15.4 Å². The van der Waals surface area contributed by atoms with Gasteiger partial charge < -0.3 is 10.4 Å². The van der Waals surface area contributed by atoms with E-state index in [9.17, 15) is 9.59 Å². The van der Waals surface area contributed by atoms with Crippen molar-refractivity contribution < 1.29 is 14.7 Å². The maximum atomic E-state index is 11.6. The Labute approximate surface area is 92.2 Å². The first kappa shape index (κ1) is 12.2. The van der Waals surface area contributed by atoms with Crippen molar-refractivity contribution in [3.63, 3.8) is 0 Å². The van der Waals surface area contributed by atoms with Crippen LogP contribution in [-0.2, 0) is 4.79 Å². The van der Waals surface area contributed by atoms with E-state index in [-0.39, 0.29) is 18.0 Å². The molecule has 16 heavy (non-hydrogen) atoms. The number of nitrogens with zero attached hydrogens (tertiary/aromatic N) is 2. The highest BCUT2D eigenvalue weighted by Gasteiger charge is 2.20. The molecule has 1 amide bonds. The standard InChI is InChI=1S/C9H14N4O3/c1-5(2)6(3-8(14)15)11-9(16)7-4-10-13-12-7/h4-6H,3H2,1-2H3,(H,11,16)(H,14,15)(H,10,12,13). The highest BCUT2D eigenvalue weighted by molar-refractivity contribution is 5.92. The molecule has 7 heteroatoms. The Kier molecular flexibility index (Phi) is 3.98. The predicted molar refractivity (Wildman–Crippen MR) is 54.7 cm³/mol. The molecule has 0 radical (unpaired) electrons. The zero-order valence-electron chi connectivity index (χ0n) is 9.10. The Balaban J connectivity index is 2.61. The lowest BCUT2D eigenvalue weighted by molar-refractivity contribution is -0.137. The van der Waals surface area contributed by atoms with Crippen molar-refractivity contribution in [2.24, 2.45) is 5.92 Å². The van der Waals surface area contributed by atoms with Crippen LogP contribution in [-0.4, -0.2) is 38.4 Å². The number of carbonyl (C=O) groups excluding carboxylic acids is 1. The van der Waals surface area contributed by atoms with Gasteiger partial charge in [0.2, 0.25) is 0 Å². The summed E-state index contributed by atoms with van der Waals surface area (Å²) < 4.78 is 0. The molecule has 1 rings (SSSR count). The first-order chi connectivity index (χ1) is 7.50. The van der Waals surface area contributed by atoms with Crippen molar-refractivity contribution in [1.29, 1.82) is 0 Å². The largest absolute Gasteiger partial charge is 0.481 e. The van der Waals surface area contributed by atoms with Crippen LogP contribution in [0.25, 0.3) is 0 Å². The molecule has 0 aromatic carbocycles. The van der Waals surface area contributed by atoms with Gasteiger partial charge in [-0.1, -0.05) is 13.8 Å². The van der Waals surface area contributed by atoms with Crippen molar-refractivity contribution in [3.8, 4) is 0 Å². The number of aliphatic carboxylic acids is 1. The first-order valence-electron chi connectivity index (χ1n) is 4.89. The first-order valence-corrected chi connectivity index (χ1v) is 4.89. The summed E-state index contributed by atoms with van der Waals surface area (Å²) in [6, 6.07) is -0.415. The fraction of sp³-hybridized carbons (Fsp3) is 0.556. The topological polar surface area (TPSA) is 108 Å². The zero-order chi connectivity index (χ0) is 12.1. The molecule has 0 spiro atoms. The summed E-state index contributed by atoms with van der Waals surface area (Å²) in [7, 11) is 0. The fourth-order valence-corrected chi connectivity index (χ4v) is 1.19. The molecule has 0 saturated carbocycles. The van der Waals surface area contributed by atoms with Crippen LogP contribution in [0.4, 0.5) is 0 Å². The molecular formula is C9H14N4O3. The van der Waals surface area contributed by atoms with E-state index in [0.717, 1.165) is 0 Å². The van der Waals surface area contributed by atoms with Crippen molar-refractivity contribution in [2.75, 3.05) is 0 Å². The van der Waals surface area contributed by atoms with Gasteiger partial charge in [-0.05, 0) is 5.92 Å². The Morgan fingerprint density at radius 3 is 2.69 bits per heavy atom. The van der Waals surface area contributed by atoms with Gasteiger partial charge in [-0.15, -0.1) is 0 Å². The van der Waals surface area contributed by atoms with Gasteiger partial charge in [0, 0.05) is 6.04 Å². The van der Waals surface area contributed by atoms with E-state index in [1.807, 2.05) is 13.8 Å². The Morgan fingerprint density at radius 2 is 2.25 bits per heavy atom. The molecule has 0 bridgehead atoms. The highest BCUT2D eigenvalue weighted by atomic mass is 16.4. The molecule has 3 N–H and O–H groups in total. The Bertz CT molecular complexity index is 361. The van der Waals surface area contributed by atoms with Gasteiger partial charge in [-0.3, -0.25) is 9.59 Å². The van der Waals surface area contributed by atoms with E-state index in [2.05, 4.69) is 20.7 Å². The third-order valence-corrected chi connectivity index (χ3v) is 2.16. The SMILES string of the molecule is CC(C)C(CC(=O)O)NC(=O)c1cn[nH]n1. The molecule has 7 nitrogen and oxygen atoms in total. The molecule has 0 aliphatic heterocycles. The summed E-state index contributed by atoms with van der Waals surface area (Å²) in [5.74, 6) is -1.33. The van der Waals surface area contributed by atoms with Gasteiger partial charge in [0.05, 0.1) is 12.6 Å².